The normalized spacial score (nSPS) is 18.0. The van der Waals surface area contributed by atoms with Crippen molar-refractivity contribution in [1.29, 1.82) is 0 Å². The van der Waals surface area contributed by atoms with Crippen LogP contribution in [-0.4, -0.2) is 28.9 Å². The Labute approximate surface area is 159 Å². The summed E-state index contributed by atoms with van der Waals surface area (Å²) in [5, 5.41) is 9.14. The molecule has 1 unspecified atom stereocenters. The van der Waals surface area contributed by atoms with E-state index in [0.29, 0.717) is 25.2 Å². The molecule has 0 radical (unpaired) electrons. The van der Waals surface area contributed by atoms with E-state index >= 15 is 0 Å². The molecule has 1 fully saturated rings. The first kappa shape index (κ1) is 18.9. The predicted molar refractivity (Wildman–Crippen MR) is 105 cm³/mol. The first-order chi connectivity index (χ1) is 12.9. The molecule has 0 spiro atoms. The molecule has 2 heterocycles. The average molecular weight is 366 g/mol. The quantitative estimate of drug-likeness (QED) is 0.704. The van der Waals surface area contributed by atoms with Gasteiger partial charge in [-0.15, -0.1) is 0 Å². The maximum Gasteiger partial charge on any atom is 0.269 e. The van der Waals surface area contributed by atoms with Gasteiger partial charge in [0.2, 0.25) is 5.91 Å². The van der Waals surface area contributed by atoms with Crippen LogP contribution in [-0.2, 0) is 11.3 Å². The average Bonchev–Trinajstić information content (AvgIpc) is 2.92. The summed E-state index contributed by atoms with van der Waals surface area (Å²) < 4.78 is 0. The summed E-state index contributed by atoms with van der Waals surface area (Å²) in [7, 11) is 0. The molecule has 1 aromatic carbocycles. The summed E-state index contributed by atoms with van der Waals surface area (Å²) in [4.78, 5) is 28.4. The number of amides is 2. The maximum atomic E-state index is 12.4. The summed E-state index contributed by atoms with van der Waals surface area (Å²) in [5.74, 6) is -0.206. The van der Waals surface area contributed by atoms with Gasteiger partial charge in [-0.25, -0.2) is 0 Å². The monoisotopic (exact) mass is 366 g/mol. The number of carbonyl (C=O) groups is 2. The first-order valence-electron chi connectivity index (χ1n) is 9.27. The summed E-state index contributed by atoms with van der Waals surface area (Å²) in [6.45, 7) is 5.16. The molecule has 2 amide bonds. The number of pyridine rings is 1. The van der Waals surface area contributed by atoms with E-state index < -0.39 is 0 Å². The van der Waals surface area contributed by atoms with Crippen LogP contribution >= 0.6 is 0 Å². The van der Waals surface area contributed by atoms with Gasteiger partial charge in [0, 0.05) is 36.4 Å². The van der Waals surface area contributed by atoms with E-state index in [-0.39, 0.29) is 23.3 Å². The minimum absolute atomic E-state index is 0.0490. The maximum absolute atomic E-state index is 12.4. The Kier molecular flexibility index (Phi) is 5.74. The molecule has 1 aromatic heterocycles. The molecular weight excluding hydrogens is 340 g/mol. The number of nitrogens with one attached hydrogen (secondary N) is 3. The number of nitrogens with zero attached hydrogens (tertiary/aromatic N) is 1. The van der Waals surface area contributed by atoms with E-state index in [0.717, 1.165) is 17.7 Å². The molecule has 3 rings (SSSR count). The van der Waals surface area contributed by atoms with Crippen LogP contribution in [0.3, 0.4) is 0 Å². The van der Waals surface area contributed by atoms with E-state index in [1.54, 1.807) is 12.3 Å². The zero-order valence-electron chi connectivity index (χ0n) is 15.8. The Morgan fingerprint density at radius 2 is 2.04 bits per heavy atom. The van der Waals surface area contributed by atoms with Crippen molar-refractivity contribution in [2.24, 2.45) is 5.92 Å². The van der Waals surface area contributed by atoms with Crippen LogP contribution in [0.1, 0.15) is 42.7 Å². The van der Waals surface area contributed by atoms with Gasteiger partial charge in [-0.2, -0.15) is 0 Å². The van der Waals surface area contributed by atoms with Crippen molar-refractivity contribution in [2.75, 3.05) is 11.9 Å². The standard InChI is InChI=1S/C21H26N4O2/c1-21(2)13-16(19(26)25-21)8-10-23-20(27)18-12-17(9-11-22-18)24-14-15-6-4-3-5-7-15/h3-7,9,11-12,16H,8,10,13-14H2,1-2H3,(H,22,24)(H,23,27)(H,25,26). The number of carbonyl (C=O) groups excluding carboxylic acids is 2. The molecule has 142 valence electrons. The highest BCUT2D eigenvalue weighted by molar-refractivity contribution is 5.93. The smallest absolute Gasteiger partial charge is 0.269 e. The molecule has 0 bridgehead atoms. The number of hydrogen-bond donors (Lipinski definition) is 3. The van der Waals surface area contributed by atoms with E-state index in [2.05, 4.69) is 20.9 Å². The van der Waals surface area contributed by atoms with Crippen molar-refractivity contribution in [3.8, 4) is 0 Å². The lowest BCUT2D eigenvalue weighted by Gasteiger charge is -2.16. The second-order valence-electron chi connectivity index (χ2n) is 7.59. The van der Waals surface area contributed by atoms with Crippen molar-refractivity contribution < 1.29 is 9.59 Å². The highest BCUT2D eigenvalue weighted by Gasteiger charge is 2.36. The fourth-order valence-electron chi connectivity index (χ4n) is 3.34. The lowest BCUT2D eigenvalue weighted by atomic mass is 9.94. The summed E-state index contributed by atoms with van der Waals surface area (Å²) >= 11 is 0. The molecule has 0 aliphatic carbocycles. The molecule has 6 nitrogen and oxygen atoms in total. The Balaban J connectivity index is 1.49. The van der Waals surface area contributed by atoms with Crippen LogP contribution in [0, 0.1) is 5.92 Å². The third kappa shape index (κ3) is 5.29. The summed E-state index contributed by atoms with van der Waals surface area (Å²) in [6, 6.07) is 13.6. The molecule has 27 heavy (non-hydrogen) atoms. The SMILES string of the molecule is CC1(C)CC(CCNC(=O)c2cc(NCc3ccccc3)ccn2)C(=O)N1. The van der Waals surface area contributed by atoms with E-state index in [1.165, 1.54) is 0 Å². The van der Waals surface area contributed by atoms with E-state index in [9.17, 15) is 9.59 Å². The molecule has 0 saturated carbocycles. The molecule has 1 saturated heterocycles. The molecule has 1 aliphatic heterocycles. The lowest BCUT2D eigenvalue weighted by molar-refractivity contribution is -0.122. The second-order valence-corrected chi connectivity index (χ2v) is 7.59. The molecular formula is C21H26N4O2. The number of benzene rings is 1. The molecule has 1 atom stereocenters. The molecule has 2 aromatic rings. The van der Waals surface area contributed by atoms with Gasteiger partial charge in [0.25, 0.3) is 5.91 Å². The molecule has 1 aliphatic rings. The van der Waals surface area contributed by atoms with Gasteiger partial charge in [0.15, 0.2) is 0 Å². The minimum atomic E-state index is -0.226. The van der Waals surface area contributed by atoms with E-state index in [1.807, 2.05) is 50.2 Å². The highest BCUT2D eigenvalue weighted by atomic mass is 16.2. The van der Waals surface area contributed by atoms with Crippen LogP contribution < -0.4 is 16.0 Å². The van der Waals surface area contributed by atoms with Gasteiger partial charge in [0.1, 0.15) is 5.69 Å². The lowest BCUT2D eigenvalue weighted by Crippen LogP contribution is -2.34. The Hall–Kier alpha value is -2.89. The summed E-state index contributed by atoms with van der Waals surface area (Å²) in [6.07, 6.45) is 3.04. The summed E-state index contributed by atoms with van der Waals surface area (Å²) in [5.41, 5.74) is 2.21. The van der Waals surface area contributed by atoms with Crippen LogP contribution in [0.15, 0.2) is 48.7 Å². The largest absolute Gasteiger partial charge is 0.381 e. The van der Waals surface area contributed by atoms with Crippen LogP contribution in [0.4, 0.5) is 5.69 Å². The number of aromatic nitrogens is 1. The van der Waals surface area contributed by atoms with Crippen molar-refractivity contribution in [3.63, 3.8) is 0 Å². The second kappa shape index (κ2) is 8.20. The van der Waals surface area contributed by atoms with Gasteiger partial charge in [0.05, 0.1) is 0 Å². The topological polar surface area (TPSA) is 83.1 Å². The van der Waals surface area contributed by atoms with Crippen molar-refractivity contribution in [2.45, 2.75) is 38.8 Å². The number of rotatable bonds is 7. The van der Waals surface area contributed by atoms with Gasteiger partial charge in [-0.3, -0.25) is 14.6 Å². The minimum Gasteiger partial charge on any atom is -0.381 e. The fraction of sp³-hybridized carbons (Fsp3) is 0.381. The van der Waals surface area contributed by atoms with Crippen molar-refractivity contribution in [3.05, 3.63) is 59.9 Å². The van der Waals surface area contributed by atoms with Crippen LogP contribution in [0.25, 0.3) is 0 Å². The third-order valence-electron chi connectivity index (χ3n) is 4.70. The zero-order valence-corrected chi connectivity index (χ0v) is 15.8. The van der Waals surface area contributed by atoms with Crippen LogP contribution in [0.2, 0.25) is 0 Å². The van der Waals surface area contributed by atoms with Crippen molar-refractivity contribution in [1.82, 2.24) is 15.6 Å². The Morgan fingerprint density at radius 1 is 1.26 bits per heavy atom. The first-order valence-corrected chi connectivity index (χ1v) is 9.27. The number of hydrogen-bond acceptors (Lipinski definition) is 4. The van der Waals surface area contributed by atoms with E-state index in [4.69, 9.17) is 0 Å². The van der Waals surface area contributed by atoms with Crippen LogP contribution in [0.5, 0.6) is 0 Å². The number of anilines is 1. The van der Waals surface area contributed by atoms with Gasteiger partial charge in [-0.1, -0.05) is 30.3 Å². The highest BCUT2D eigenvalue weighted by Crippen LogP contribution is 2.26. The third-order valence-corrected chi connectivity index (χ3v) is 4.70. The van der Waals surface area contributed by atoms with Gasteiger partial charge < -0.3 is 16.0 Å². The fourth-order valence-corrected chi connectivity index (χ4v) is 3.34. The van der Waals surface area contributed by atoms with Gasteiger partial charge in [-0.05, 0) is 44.4 Å². The molecule has 6 heteroatoms. The predicted octanol–water partition coefficient (Wildman–Crippen LogP) is 2.73. The van der Waals surface area contributed by atoms with Crippen molar-refractivity contribution >= 4 is 17.5 Å². The Bertz CT molecular complexity index is 805. The molecule has 3 N–H and O–H groups in total. The zero-order chi connectivity index (χ0) is 19.3. The Morgan fingerprint density at radius 3 is 2.74 bits per heavy atom. The van der Waals surface area contributed by atoms with Gasteiger partial charge >= 0.3 is 0 Å².